The molecule has 1 saturated heterocycles. The molecule has 0 aliphatic carbocycles. The third kappa shape index (κ3) is 2.21. The van der Waals surface area contributed by atoms with E-state index in [2.05, 4.69) is 16.8 Å². The van der Waals surface area contributed by atoms with Gasteiger partial charge in [-0.1, -0.05) is 6.92 Å². The largest absolute Gasteiger partial charge is 0.444 e. The number of hydrogen-bond donors (Lipinski definition) is 1. The summed E-state index contributed by atoms with van der Waals surface area (Å²) in [5.41, 5.74) is 5.48. The maximum absolute atomic E-state index is 5.71. The predicted octanol–water partition coefficient (Wildman–Crippen LogP) is 1.33. The van der Waals surface area contributed by atoms with Crippen molar-refractivity contribution in [3.8, 4) is 0 Å². The molecule has 0 radical (unpaired) electrons. The van der Waals surface area contributed by atoms with Crippen molar-refractivity contribution in [2.24, 2.45) is 5.73 Å². The van der Waals surface area contributed by atoms with Crippen molar-refractivity contribution in [2.45, 2.75) is 32.2 Å². The van der Waals surface area contributed by atoms with Crippen molar-refractivity contribution in [1.29, 1.82) is 0 Å². The highest BCUT2D eigenvalue weighted by molar-refractivity contribution is 5.01. The van der Waals surface area contributed by atoms with Crippen LogP contribution in [0.2, 0.25) is 0 Å². The predicted molar refractivity (Wildman–Crippen MR) is 58.5 cm³/mol. The average Bonchev–Trinajstić information content (AvgIpc) is 2.84. The molecule has 0 aromatic carbocycles. The summed E-state index contributed by atoms with van der Waals surface area (Å²) in [5, 5.41) is 0. The Kier molecular flexibility index (Phi) is 3.38. The van der Waals surface area contributed by atoms with Crippen molar-refractivity contribution in [2.75, 3.05) is 19.6 Å². The molecule has 2 heterocycles. The molecule has 0 bridgehead atoms. The Balaban J connectivity index is 2.07. The second-order valence-corrected chi connectivity index (χ2v) is 3.99. The molecule has 1 unspecified atom stereocenters. The highest BCUT2D eigenvalue weighted by Gasteiger charge is 2.28. The number of nitrogens with zero attached hydrogens (tertiary/aromatic N) is 2. The van der Waals surface area contributed by atoms with Gasteiger partial charge in [-0.3, -0.25) is 4.90 Å². The summed E-state index contributed by atoms with van der Waals surface area (Å²) in [6.07, 6.45) is 5.00. The van der Waals surface area contributed by atoms with E-state index < -0.39 is 0 Å². The van der Waals surface area contributed by atoms with Crippen LogP contribution in [0.15, 0.2) is 10.6 Å². The highest BCUT2D eigenvalue weighted by Crippen LogP contribution is 2.30. The maximum atomic E-state index is 5.71. The van der Waals surface area contributed by atoms with Crippen molar-refractivity contribution >= 4 is 0 Å². The van der Waals surface area contributed by atoms with E-state index >= 15 is 0 Å². The van der Waals surface area contributed by atoms with E-state index in [1.165, 1.54) is 6.42 Å². The number of aromatic nitrogens is 1. The maximum Gasteiger partial charge on any atom is 0.211 e. The van der Waals surface area contributed by atoms with Gasteiger partial charge in [0.2, 0.25) is 5.89 Å². The minimum absolute atomic E-state index is 0.390. The topological polar surface area (TPSA) is 55.3 Å². The van der Waals surface area contributed by atoms with Crippen LogP contribution in [0.4, 0.5) is 0 Å². The van der Waals surface area contributed by atoms with Gasteiger partial charge in [-0.2, -0.15) is 0 Å². The zero-order chi connectivity index (χ0) is 10.7. The molecule has 1 fully saturated rings. The number of likely N-dealkylation sites (tertiary alicyclic amines) is 1. The van der Waals surface area contributed by atoms with Crippen molar-refractivity contribution in [3.05, 3.63) is 17.8 Å². The van der Waals surface area contributed by atoms with Crippen LogP contribution in [0.1, 0.15) is 37.5 Å². The Morgan fingerprint density at radius 1 is 1.67 bits per heavy atom. The van der Waals surface area contributed by atoms with Gasteiger partial charge in [0.25, 0.3) is 0 Å². The van der Waals surface area contributed by atoms with E-state index in [4.69, 9.17) is 10.2 Å². The third-order valence-corrected chi connectivity index (χ3v) is 3.02. The van der Waals surface area contributed by atoms with Crippen LogP contribution in [0, 0.1) is 0 Å². The van der Waals surface area contributed by atoms with Crippen LogP contribution >= 0.6 is 0 Å². The lowest BCUT2D eigenvalue weighted by molar-refractivity contribution is 0.230. The number of rotatable bonds is 4. The number of hydrogen-bond acceptors (Lipinski definition) is 4. The summed E-state index contributed by atoms with van der Waals surface area (Å²) in [5.74, 6) is 1.79. The highest BCUT2D eigenvalue weighted by atomic mass is 16.4. The smallest absolute Gasteiger partial charge is 0.211 e. The van der Waals surface area contributed by atoms with Gasteiger partial charge in [-0.25, -0.2) is 4.98 Å². The summed E-state index contributed by atoms with van der Waals surface area (Å²) >= 11 is 0. The van der Waals surface area contributed by atoms with Crippen LogP contribution in [-0.4, -0.2) is 29.5 Å². The Bertz CT molecular complexity index is 311. The van der Waals surface area contributed by atoms with Gasteiger partial charge in [0.15, 0.2) is 0 Å². The monoisotopic (exact) mass is 209 g/mol. The molecule has 1 aliphatic heterocycles. The first-order chi connectivity index (χ1) is 7.35. The zero-order valence-corrected chi connectivity index (χ0v) is 9.28. The number of oxazole rings is 1. The molecule has 0 saturated carbocycles. The van der Waals surface area contributed by atoms with Gasteiger partial charge in [0.1, 0.15) is 5.76 Å². The minimum Gasteiger partial charge on any atom is -0.444 e. The van der Waals surface area contributed by atoms with E-state index in [9.17, 15) is 0 Å². The van der Waals surface area contributed by atoms with E-state index in [-0.39, 0.29) is 0 Å². The van der Waals surface area contributed by atoms with Crippen LogP contribution in [-0.2, 0) is 6.42 Å². The number of nitrogens with two attached hydrogens (primary N) is 1. The first-order valence-corrected chi connectivity index (χ1v) is 5.74. The van der Waals surface area contributed by atoms with Crippen LogP contribution in [0.25, 0.3) is 0 Å². The quantitative estimate of drug-likeness (QED) is 0.813. The average molecular weight is 209 g/mol. The Morgan fingerprint density at radius 2 is 2.53 bits per heavy atom. The SMILES string of the molecule is CCN1CCCC1c1ncc(CCN)o1. The molecular weight excluding hydrogens is 190 g/mol. The Morgan fingerprint density at radius 3 is 3.27 bits per heavy atom. The molecule has 4 heteroatoms. The molecule has 84 valence electrons. The van der Waals surface area contributed by atoms with E-state index in [0.29, 0.717) is 12.6 Å². The molecule has 4 nitrogen and oxygen atoms in total. The first-order valence-electron chi connectivity index (χ1n) is 5.74. The summed E-state index contributed by atoms with van der Waals surface area (Å²) in [6.45, 7) is 5.04. The molecule has 1 aliphatic rings. The molecule has 2 rings (SSSR count). The summed E-state index contributed by atoms with van der Waals surface area (Å²) in [4.78, 5) is 6.77. The summed E-state index contributed by atoms with van der Waals surface area (Å²) < 4.78 is 5.71. The standard InChI is InChI=1S/C11H19N3O/c1-2-14-7-3-4-10(14)11-13-8-9(15-11)5-6-12/h8,10H,2-7,12H2,1H3. The van der Waals surface area contributed by atoms with Gasteiger partial charge >= 0.3 is 0 Å². The second-order valence-electron chi connectivity index (χ2n) is 3.99. The van der Waals surface area contributed by atoms with Gasteiger partial charge in [-0.05, 0) is 32.5 Å². The van der Waals surface area contributed by atoms with Crippen LogP contribution < -0.4 is 5.73 Å². The fourth-order valence-corrected chi connectivity index (χ4v) is 2.22. The zero-order valence-electron chi connectivity index (χ0n) is 9.28. The fraction of sp³-hybridized carbons (Fsp3) is 0.727. The van der Waals surface area contributed by atoms with E-state index in [1.807, 2.05) is 6.20 Å². The lowest BCUT2D eigenvalue weighted by Crippen LogP contribution is -2.22. The minimum atomic E-state index is 0.390. The third-order valence-electron chi connectivity index (χ3n) is 3.02. The van der Waals surface area contributed by atoms with Crippen molar-refractivity contribution < 1.29 is 4.42 Å². The van der Waals surface area contributed by atoms with Crippen molar-refractivity contribution in [3.63, 3.8) is 0 Å². The van der Waals surface area contributed by atoms with E-state index in [1.54, 1.807) is 0 Å². The second kappa shape index (κ2) is 4.77. The van der Waals surface area contributed by atoms with Crippen molar-refractivity contribution in [1.82, 2.24) is 9.88 Å². The molecule has 15 heavy (non-hydrogen) atoms. The molecule has 1 aromatic heterocycles. The summed E-state index contributed by atoms with van der Waals surface area (Å²) in [7, 11) is 0. The molecule has 1 atom stereocenters. The lowest BCUT2D eigenvalue weighted by atomic mass is 10.2. The molecule has 2 N–H and O–H groups in total. The molecule has 0 spiro atoms. The molecule has 1 aromatic rings. The normalized spacial score (nSPS) is 22.4. The Hall–Kier alpha value is -0.870. The van der Waals surface area contributed by atoms with E-state index in [0.717, 1.165) is 37.6 Å². The Labute approximate surface area is 90.5 Å². The van der Waals surface area contributed by atoms with Gasteiger partial charge in [-0.15, -0.1) is 0 Å². The van der Waals surface area contributed by atoms with Gasteiger partial charge in [0.05, 0.1) is 12.2 Å². The molecular formula is C11H19N3O. The van der Waals surface area contributed by atoms with Gasteiger partial charge in [0, 0.05) is 6.42 Å². The first kappa shape index (κ1) is 10.6. The lowest BCUT2D eigenvalue weighted by Gasteiger charge is -2.19. The van der Waals surface area contributed by atoms with Crippen LogP contribution in [0.5, 0.6) is 0 Å². The summed E-state index contributed by atoms with van der Waals surface area (Å²) in [6, 6.07) is 0.390. The van der Waals surface area contributed by atoms with Gasteiger partial charge < -0.3 is 10.2 Å². The van der Waals surface area contributed by atoms with Crippen LogP contribution in [0.3, 0.4) is 0 Å². The fourth-order valence-electron chi connectivity index (χ4n) is 2.22. The molecule has 0 amide bonds.